The molecule has 4 heteroatoms. The molecule has 0 fully saturated rings. The van der Waals surface area contributed by atoms with Crippen LogP contribution in [0, 0.1) is 3.57 Å². The van der Waals surface area contributed by atoms with Crippen molar-refractivity contribution in [3.05, 3.63) is 33.5 Å². The normalized spacial score (nSPS) is 12.8. The number of hydrogen-bond acceptors (Lipinski definition) is 2. The number of carbonyl (C=O) groups is 1. The first-order chi connectivity index (χ1) is 8.67. The molecule has 1 aromatic heterocycles. The molecule has 0 radical (unpaired) electrons. The Morgan fingerprint density at radius 1 is 1.44 bits per heavy atom. The van der Waals surface area contributed by atoms with Crippen molar-refractivity contribution in [2.24, 2.45) is 0 Å². The zero-order valence-electron chi connectivity index (χ0n) is 10.6. The Hall–Kier alpha value is -0.880. The van der Waals surface area contributed by atoms with Crippen LogP contribution in [0.3, 0.4) is 0 Å². The monoisotopic (exact) mass is 356 g/mol. The lowest BCUT2D eigenvalue weighted by Crippen LogP contribution is -2.35. The van der Waals surface area contributed by atoms with Gasteiger partial charge in [0.1, 0.15) is 0 Å². The van der Waals surface area contributed by atoms with Crippen molar-refractivity contribution in [2.45, 2.75) is 26.3 Å². The van der Waals surface area contributed by atoms with Crippen LogP contribution in [0.2, 0.25) is 0 Å². The zero-order valence-corrected chi connectivity index (χ0v) is 12.7. The number of aromatic amines is 1. The second kappa shape index (κ2) is 5.84. The largest absolute Gasteiger partial charge is 0.360 e. The van der Waals surface area contributed by atoms with E-state index in [2.05, 4.69) is 39.0 Å². The van der Waals surface area contributed by atoms with Gasteiger partial charge in [0, 0.05) is 26.2 Å². The summed E-state index contributed by atoms with van der Waals surface area (Å²) in [4.78, 5) is 15.6. The van der Waals surface area contributed by atoms with Crippen molar-refractivity contribution in [2.75, 3.05) is 6.54 Å². The van der Waals surface area contributed by atoms with E-state index < -0.39 is 0 Å². The van der Waals surface area contributed by atoms with E-state index in [-0.39, 0.29) is 11.8 Å². The first-order valence-electron chi connectivity index (χ1n) is 6.21. The fraction of sp³-hybridized carbons (Fsp3) is 0.357. The predicted octanol–water partition coefficient (Wildman–Crippen LogP) is 3.34. The Labute approximate surface area is 120 Å². The predicted molar refractivity (Wildman–Crippen MR) is 83.1 cm³/mol. The van der Waals surface area contributed by atoms with Gasteiger partial charge in [-0.15, -0.1) is 0 Å². The van der Waals surface area contributed by atoms with Crippen molar-refractivity contribution in [1.82, 2.24) is 10.3 Å². The van der Waals surface area contributed by atoms with E-state index in [1.54, 1.807) is 0 Å². The fourth-order valence-electron chi connectivity index (χ4n) is 2.15. The number of fused-ring (bicyclic) bond motifs is 1. The maximum absolute atomic E-state index is 12.5. The minimum atomic E-state index is -0.0909. The molecule has 2 rings (SSSR count). The van der Waals surface area contributed by atoms with Crippen LogP contribution in [-0.4, -0.2) is 23.4 Å². The number of carbonyl (C=O) groups excluding carboxylic acids is 1. The lowest BCUT2D eigenvalue weighted by molar-refractivity contribution is 0.0943. The fourth-order valence-corrected chi connectivity index (χ4v) is 2.64. The van der Waals surface area contributed by atoms with Crippen LogP contribution in [0.25, 0.3) is 10.9 Å². The number of nitrogens with one attached hydrogen (secondary N) is 2. The number of rotatable bonds is 5. The van der Waals surface area contributed by atoms with Crippen LogP contribution in [0.1, 0.15) is 30.6 Å². The smallest absolute Gasteiger partial charge is 0.181 e. The second-order valence-corrected chi connectivity index (χ2v) is 5.52. The molecule has 0 aliphatic heterocycles. The Morgan fingerprint density at radius 2 is 2.22 bits per heavy atom. The van der Waals surface area contributed by atoms with E-state index in [0.29, 0.717) is 0 Å². The van der Waals surface area contributed by atoms with E-state index in [9.17, 15) is 4.79 Å². The summed E-state index contributed by atoms with van der Waals surface area (Å²) in [5, 5.41) is 4.25. The van der Waals surface area contributed by atoms with Crippen LogP contribution < -0.4 is 5.32 Å². The van der Waals surface area contributed by atoms with Gasteiger partial charge < -0.3 is 10.3 Å². The van der Waals surface area contributed by atoms with E-state index >= 15 is 0 Å². The molecule has 96 valence electrons. The quantitative estimate of drug-likeness (QED) is 0.638. The van der Waals surface area contributed by atoms with E-state index in [4.69, 9.17) is 0 Å². The molecule has 3 nitrogen and oxygen atoms in total. The third-order valence-corrected chi connectivity index (χ3v) is 3.76. The third-order valence-electron chi connectivity index (χ3n) is 3.08. The highest BCUT2D eigenvalue weighted by Gasteiger charge is 2.20. The van der Waals surface area contributed by atoms with Gasteiger partial charge in [0.25, 0.3) is 0 Å². The van der Waals surface area contributed by atoms with Crippen LogP contribution >= 0.6 is 22.6 Å². The first-order valence-corrected chi connectivity index (χ1v) is 7.29. The van der Waals surface area contributed by atoms with E-state index in [1.807, 2.05) is 32.2 Å². The molecule has 0 amide bonds. The lowest BCUT2D eigenvalue weighted by Gasteiger charge is -2.13. The third kappa shape index (κ3) is 2.59. The summed E-state index contributed by atoms with van der Waals surface area (Å²) >= 11 is 2.27. The highest BCUT2D eigenvalue weighted by atomic mass is 127. The summed E-state index contributed by atoms with van der Waals surface area (Å²) in [6.07, 6.45) is 2.63. The summed E-state index contributed by atoms with van der Waals surface area (Å²) < 4.78 is 1.14. The summed E-state index contributed by atoms with van der Waals surface area (Å²) in [6, 6.07) is 6.02. The number of hydrogen-bond donors (Lipinski definition) is 2. The number of likely N-dealkylation sites (N-methyl/N-ethyl adjacent to an activating group) is 1. The highest BCUT2D eigenvalue weighted by Crippen LogP contribution is 2.22. The summed E-state index contributed by atoms with van der Waals surface area (Å²) in [5.41, 5.74) is 1.81. The first kappa shape index (κ1) is 13.5. The van der Waals surface area contributed by atoms with Crippen molar-refractivity contribution < 1.29 is 4.79 Å². The van der Waals surface area contributed by atoms with Crippen LogP contribution in [-0.2, 0) is 0 Å². The van der Waals surface area contributed by atoms with Gasteiger partial charge in [-0.25, -0.2) is 0 Å². The minimum Gasteiger partial charge on any atom is -0.360 e. The number of H-pyrrole nitrogens is 1. The minimum absolute atomic E-state index is 0.0909. The molecular formula is C14H17IN2O. The molecule has 2 aromatic rings. The van der Waals surface area contributed by atoms with Crippen molar-refractivity contribution in [3.8, 4) is 0 Å². The van der Waals surface area contributed by atoms with Crippen molar-refractivity contribution >= 4 is 39.3 Å². The van der Waals surface area contributed by atoms with Crippen molar-refractivity contribution in [3.63, 3.8) is 0 Å². The SMILES string of the molecule is CCNC(CC)C(=O)c1c[nH]c2ccc(I)cc12. The van der Waals surface area contributed by atoms with E-state index in [1.165, 1.54) is 0 Å². The zero-order chi connectivity index (χ0) is 13.1. The van der Waals surface area contributed by atoms with Gasteiger partial charge in [-0.3, -0.25) is 4.79 Å². The average molecular weight is 356 g/mol. The molecule has 2 N–H and O–H groups in total. The molecule has 0 saturated carbocycles. The molecule has 1 atom stereocenters. The molecule has 0 aliphatic rings. The maximum atomic E-state index is 12.5. The molecule has 18 heavy (non-hydrogen) atoms. The van der Waals surface area contributed by atoms with Gasteiger partial charge in [0.05, 0.1) is 6.04 Å². The standard InChI is InChI=1S/C14H17IN2O/c1-3-12(16-4-2)14(18)11-8-17-13-6-5-9(15)7-10(11)13/h5-8,12,16-17H,3-4H2,1-2H3. The van der Waals surface area contributed by atoms with Gasteiger partial charge in [-0.05, 0) is 53.8 Å². The molecule has 0 bridgehead atoms. The molecule has 1 heterocycles. The summed E-state index contributed by atoms with van der Waals surface area (Å²) in [6.45, 7) is 4.86. The molecule has 1 aromatic carbocycles. The van der Waals surface area contributed by atoms with Gasteiger partial charge in [-0.1, -0.05) is 13.8 Å². The maximum Gasteiger partial charge on any atom is 0.181 e. The molecule has 0 saturated heterocycles. The molecule has 0 spiro atoms. The number of halogens is 1. The van der Waals surface area contributed by atoms with E-state index in [0.717, 1.165) is 33.0 Å². The number of ketones is 1. The number of Topliss-reactive ketones (excluding diaryl/α,β-unsaturated/α-hetero) is 1. The van der Waals surface area contributed by atoms with Gasteiger partial charge in [-0.2, -0.15) is 0 Å². The van der Waals surface area contributed by atoms with Crippen LogP contribution in [0.15, 0.2) is 24.4 Å². The second-order valence-electron chi connectivity index (χ2n) is 4.28. The Bertz CT molecular complexity index is 562. The summed E-state index contributed by atoms with van der Waals surface area (Å²) in [5.74, 6) is 0.174. The molecule has 1 unspecified atom stereocenters. The topological polar surface area (TPSA) is 44.9 Å². The Kier molecular flexibility index (Phi) is 4.40. The van der Waals surface area contributed by atoms with Crippen molar-refractivity contribution in [1.29, 1.82) is 0 Å². The Balaban J connectivity index is 2.41. The summed E-state index contributed by atoms with van der Waals surface area (Å²) in [7, 11) is 0. The Morgan fingerprint density at radius 3 is 2.89 bits per heavy atom. The number of aromatic nitrogens is 1. The van der Waals surface area contributed by atoms with Crippen LogP contribution in [0.5, 0.6) is 0 Å². The number of benzene rings is 1. The van der Waals surface area contributed by atoms with Gasteiger partial charge in [0.15, 0.2) is 5.78 Å². The van der Waals surface area contributed by atoms with Gasteiger partial charge >= 0.3 is 0 Å². The molecule has 0 aliphatic carbocycles. The molecular weight excluding hydrogens is 339 g/mol. The van der Waals surface area contributed by atoms with Gasteiger partial charge in [0.2, 0.25) is 0 Å². The lowest BCUT2D eigenvalue weighted by atomic mass is 10.0. The highest BCUT2D eigenvalue weighted by molar-refractivity contribution is 14.1. The van der Waals surface area contributed by atoms with Crippen LogP contribution in [0.4, 0.5) is 0 Å². The average Bonchev–Trinajstić information content (AvgIpc) is 2.78.